The monoisotopic (exact) mass is 342 g/mol. The third-order valence-corrected chi connectivity index (χ3v) is 6.94. The summed E-state index contributed by atoms with van der Waals surface area (Å²) < 4.78 is 26.8. The Hall–Kier alpha value is -0.620. The summed E-state index contributed by atoms with van der Waals surface area (Å²) in [5, 5.41) is 0.556. The molecule has 0 unspecified atom stereocenters. The van der Waals surface area contributed by atoms with E-state index in [1.807, 2.05) is 0 Å². The van der Waals surface area contributed by atoms with Gasteiger partial charge in [-0.25, -0.2) is 8.42 Å². The minimum absolute atomic E-state index is 0.334. The molecule has 0 radical (unpaired) electrons. The fourth-order valence-corrected chi connectivity index (χ4v) is 5.01. The van der Waals surface area contributed by atoms with E-state index in [1.165, 1.54) is 25.7 Å². The second-order valence-electron chi connectivity index (χ2n) is 6.31. The summed E-state index contributed by atoms with van der Waals surface area (Å²) in [7, 11) is -3.38. The van der Waals surface area contributed by atoms with Crippen LogP contribution in [-0.2, 0) is 10.0 Å². The fraction of sp³-hybridized carbons (Fsp3) is 0.625. The highest BCUT2D eigenvalue weighted by Gasteiger charge is 2.29. The maximum atomic E-state index is 12.6. The maximum absolute atomic E-state index is 12.6. The Labute approximate surface area is 138 Å². The van der Waals surface area contributed by atoms with Gasteiger partial charge in [-0.3, -0.25) is 0 Å². The Morgan fingerprint density at radius 1 is 1.00 bits per heavy atom. The van der Waals surface area contributed by atoms with Gasteiger partial charge < -0.3 is 4.90 Å². The van der Waals surface area contributed by atoms with Crippen LogP contribution in [0.25, 0.3) is 0 Å². The lowest BCUT2D eigenvalue weighted by molar-refractivity contribution is 0.165. The van der Waals surface area contributed by atoms with Crippen LogP contribution in [0.3, 0.4) is 0 Å². The summed E-state index contributed by atoms with van der Waals surface area (Å²) >= 11 is 5.83. The van der Waals surface area contributed by atoms with Gasteiger partial charge in [-0.1, -0.05) is 24.4 Å². The third kappa shape index (κ3) is 3.65. The molecular weight excluding hydrogens is 320 g/mol. The van der Waals surface area contributed by atoms with Gasteiger partial charge in [0.25, 0.3) is 0 Å². The predicted molar refractivity (Wildman–Crippen MR) is 88.6 cm³/mol. The van der Waals surface area contributed by atoms with Crippen molar-refractivity contribution in [1.82, 2.24) is 9.21 Å². The number of benzene rings is 1. The zero-order valence-corrected chi connectivity index (χ0v) is 14.3. The zero-order valence-electron chi connectivity index (χ0n) is 12.7. The van der Waals surface area contributed by atoms with Crippen molar-refractivity contribution in [2.45, 2.75) is 30.6 Å². The molecule has 0 spiro atoms. The standard InChI is InChI=1S/C16H23ClN2O2S/c17-15-5-7-16(8-6-15)22(20,21)19-11-9-18(10-12-19)13-14-3-1-2-4-14/h5-8,14H,1-4,9-13H2. The van der Waals surface area contributed by atoms with E-state index in [0.29, 0.717) is 23.0 Å². The van der Waals surface area contributed by atoms with Gasteiger partial charge in [0.15, 0.2) is 0 Å². The van der Waals surface area contributed by atoms with E-state index in [0.717, 1.165) is 25.6 Å². The number of hydrogen-bond donors (Lipinski definition) is 0. The average Bonchev–Trinajstić information content (AvgIpc) is 3.01. The van der Waals surface area contributed by atoms with Gasteiger partial charge in [-0.2, -0.15) is 4.31 Å². The molecule has 0 N–H and O–H groups in total. The van der Waals surface area contributed by atoms with E-state index in [9.17, 15) is 8.42 Å². The van der Waals surface area contributed by atoms with Crippen molar-refractivity contribution >= 4 is 21.6 Å². The van der Waals surface area contributed by atoms with Crippen molar-refractivity contribution in [2.24, 2.45) is 5.92 Å². The molecule has 1 aromatic rings. The van der Waals surface area contributed by atoms with E-state index >= 15 is 0 Å². The predicted octanol–water partition coefficient (Wildman–Crippen LogP) is 2.84. The van der Waals surface area contributed by atoms with Gasteiger partial charge >= 0.3 is 0 Å². The molecule has 6 heteroatoms. The normalized spacial score (nSPS) is 22.2. The van der Waals surface area contributed by atoms with Crippen LogP contribution in [0.4, 0.5) is 0 Å². The molecule has 1 saturated carbocycles. The lowest BCUT2D eigenvalue weighted by Gasteiger charge is -2.35. The lowest BCUT2D eigenvalue weighted by atomic mass is 10.1. The Morgan fingerprint density at radius 2 is 1.59 bits per heavy atom. The molecule has 2 fully saturated rings. The van der Waals surface area contributed by atoms with Gasteiger partial charge in [0, 0.05) is 37.7 Å². The molecular formula is C16H23ClN2O2S. The molecule has 0 amide bonds. The number of piperazine rings is 1. The molecule has 1 heterocycles. The Balaban J connectivity index is 1.59. The van der Waals surface area contributed by atoms with Crippen LogP contribution in [-0.4, -0.2) is 50.3 Å². The van der Waals surface area contributed by atoms with Gasteiger partial charge in [0.1, 0.15) is 0 Å². The Morgan fingerprint density at radius 3 is 2.18 bits per heavy atom. The lowest BCUT2D eigenvalue weighted by Crippen LogP contribution is -2.49. The van der Waals surface area contributed by atoms with Crippen LogP contribution in [0.15, 0.2) is 29.2 Å². The summed E-state index contributed by atoms with van der Waals surface area (Å²) in [6.07, 6.45) is 5.39. The molecule has 22 heavy (non-hydrogen) atoms. The van der Waals surface area contributed by atoms with Crippen LogP contribution in [0.5, 0.6) is 0 Å². The first-order valence-corrected chi connectivity index (χ1v) is 9.85. The van der Waals surface area contributed by atoms with Gasteiger partial charge in [0.05, 0.1) is 4.90 Å². The van der Waals surface area contributed by atoms with E-state index in [2.05, 4.69) is 4.90 Å². The SMILES string of the molecule is O=S(=O)(c1ccc(Cl)cc1)N1CCN(CC2CCCC2)CC1. The number of sulfonamides is 1. The quantitative estimate of drug-likeness (QED) is 0.844. The molecule has 1 aliphatic carbocycles. The van der Waals surface area contributed by atoms with Crippen LogP contribution in [0.1, 0.15) is 25.7 Å². The van der Waals surface area contributed by atoms with E-state index in [4.69, 9.17) is 11.6 Å². The van der Waals surface area contributed by atoms with Crippen LogP contribution in [0, 0.1) is 5.92 Å². The summed E-state index contributed by atoms with van der Waals surface area (Å²) in [5.41, 5.74) is 0. The molecule has 1 aromatic carbocycles. The highest BCUT2D eigenvalue weighted by atomic mass is 35.5. The maximum Gasteiger partial charge on any atom is 0.243 e. The van der Waals surface area contributed by atoms with E-state index < -0.39 is 10.0 Å². The summed E-state index contributed by atoms with van der Waals surface area (Å²) in [4.78, 5) is 2.75. The third-order valence-electron chi connectivity index (χ3n) is 4.77. The van der Waals surface area contributed by atoms with Crippen molar-refractivity contribution < 1.29 is 8.42 Å². The van der Waals surface area contributed by atoms with Crippen LogP contribution < -0.4 is 0 Å². The van der Waals surface area contributed by atoms with Crippen molar-refractivity contribution in [3.05, 3.63) is 29.3 Å². The summed E-state index contributed by atoms with van der Waals surface area (Å²) in [6, 6.07) is 6.43. The van der Waals surface area contributed by atoms with Gasteiger partial charge in [0.2, 0.25) is 10.0 Å². The second-order valence-corrected chi connectivity index (χ2v) is 8.68. The van der Waals surface area contributed by atoms with Gasteiger partial charge in [-0.15, -0.1) is 0 Å². The average molecular weight is 343 g/mol. The van der Waals surface area contributed by atoms with Crippen molar-refractivity contribution in [3.63, 3.8) is 0 Å². The minimum Gasteiger partial charge on any atom is -0.300 e. The molecule has 0 atom stereocenters. The molecule has 0 bridgehead atoms. The fourth-order valence-electron chi connectivity index (χ4n) is 3.47. The van der Waals surface area contributed by atoms with Gasteiger partial charge in [-0.05, 0) is 43.0 Å². The van der Waals surface area contributed by atoms with E-state index in [-0.39, 0.29) is 0 Å². The topological polar surface area (TPSA) is 40.6 Å². The molecule has 122 valence electrons. The zero-order chi connectivity index (χ0) is 15.6. The Bertz CT molecular complexity index is 589. The first-order chi connectivity index (χ1) is 10.6. The smallest absolute Gasteiger partial charge is 0.243 e. The number of hydrogen-bond acceptors (Lipinski definition) is 3. The molecule has 0 aromatic heterocycles. The summed E-state index contributed by atoms with van der Waals surface area (Å²) in [5.74, 6) is 0.819. The van der Waals surface area contributed by atoms with Crippen LogP contribution in [0.2, 0.25) is 5.02 Å². The van der Waals surface area contributed by atoms with Crippen molar-refractivity contribution in [2.75, 3.05) is 32.7 Å². The summed E-state index contributed by atoms with van der Waals surface area (Å²) in [6.45, 7) is 3.97. The highest BCUT2D eigenvalue weighted by Crippen LogP contribution is 2.26. The minimum atomic E-state index is -3.38. The molecule has 4 nitrogen and oxygen atoms in total. The largest absolute Gasteiger partial charge is 0.300 e. The van der Waals surface area contributed by atoms with E-state index in [1.54, 1.807) is 28.6 Å². The van der Waals surface area contributed by atoms with Crippen molar-refractivity contribution in [1.29, 1.82) is 0 Å². The van der Waals surface area contributed by atoms with Crippen LogP contribution >= 0.6 is 11.6 Å². The molecule has 2 aliphatic rings. The highest BCUT2D eigenvalue weighted by molar-refractivity contribution is 7.89. The first-order valence-electron chi connectivity index (χ1n) is 8.04. The Kier molecular flexibility index (Phi) is 5.07. The molecule has 3 rings (SSSR count). The number of rotatable bonds is 4. The number of nitrogens with zero attached hydrogens (tertiary/aromatic N) is 2. The first kappa shape index (κ1) is 16.2. The number of halogens is 1. The van der Waals surface area contributed by atoms with Crippen molar-refractivity contribution in [3.8, 4) is 0 Å². The molecule has 1 saturated heterocycles. The molecule has 1 aliphatic heterocycles. The second kappa shape index (κ2) is 6.87.